The van der Waals surface area contributed by atoms with Gasteiger partial charge in [0.1, 0.15) is 0 Å². The van der Waals surface area contributed by atoms with E-state index in [0.29, 0.717) is 17.5 Å². The highest BCUT2D eigenvalue weighted by Crippen LogP contribution is 2.46. The van der Waals surface area contributed by atoms with Crippen molar-refractivity contribution < 1.29 is 0 Å². The van der Waals surface area contributed by atoms with Crippen LogP contribution in [0.15, 0.2) is 182 Å². The Labute approximate surface area is 335 Å². The number of aromatic nitrogens is 4. The molecular weight excluding hydrogens is 733 g/mol. The van der Waals surface area contributed by atoms with Crippen LogP contribution in [0, 0.1) is 0 Å². The first-order chi connectivity index (χ1) is 28.2. The van der Waals surface area contributed by atoms with E-state index in [1.54, 1.807) is 0 Å². The van der Waals surface area contributed by atoms with Crippen LogP contribution in [0.1, 0.15) is 0 Å². The van der Waals surface area contributed by atoms with Gasteiger partial charge in [0.2, 0.25) is 0 Å². The van der Waals surface area contributed by atoms with Gasteiger partial charge in [0.15, 0.2) is 17.5 Å². The van der Waals surface area contributed by atoms with Crippen LogP contribution in [0.4, 0.5) is 0 Å². The molecule has 8 aromatic carbocycles. The SMILES string of the molecule is c1ccc(-c2nc(-c3ccccc3)nc(-c3ccc(-c4cc(-n5c6ccccc6c6c7sc8ccccc8c7ccc65)cc5c4sc4ccccc45)cc3)n2)cc1. The number of hydrogen-bond donors (Lipinski definition) is 0. The van der Waals surface area contributed by atoms with E-state index in [1.165, 1.54) is 67.7 Å². The van der Waals surface area contributed by atoms with Gasteiger partial charge in [-0.2, -0.15) is 0 Å². The normalized spacial score (nSPS) is 11.9. The maximum absolute atomic E-state index is 5.00. The molecule has 4 aromatic heterocycles. The molecule has 0 fully saturated rings. The molecule has 6 heteroatoms. The maximum atomic E-state index is 5.00. The predicted molar refractivity (Wildman–Crippen MR) is 242 cm³/mol. The van der Waals surface area contributed by atoms with Crippen molar-refractivity contribution in [1.29, 1.82) is 0 Å². The number of rotatable bonds is 5. The van der Waals surface area contributed by atoms with Gasteiger partial charge in [-0.25, -0.2) is 15.0 Å². The first-order valence-electron chi connectivity index (χ1n) is 19.0. The smallest absolute Gasteiger partial charge is 0.164 e. The molecule has 0 aliphatic heterocycles. The molecule has 0 aliphatic rings. The molecule has 0 saturated carbocycles. The largest absolute Gasteiger partial charge is 0.309 e. The van der Waals surface area contributed by atoms with E-state index in [1.807, 2.05) is 83.3 Å². The lowest BCUT2D eigenvalue weighted by atomic mass is 10.00. The summed E-state index contributed by atoms with van der Waals surface area (Å²) in [4.78, 5) is 14.9. The Balaban J connectivity index is 1.06. The molecule has 0 unspecified atom stereocenters. The molecule has 4 nitrogen and oxygen atoms in total. The van der Waals surface area contributed by atoms with Crippen LogP contribution in [0.5, 0.6) is 0 Å². The van der Waals surface area contributed by atoms with Crippen molar-refractivity contribution in [2.24, 2.45) is 0 Å². The Morgan fingerprint density at radius 1 is 0.351 bits per heavy atom. The highest BCUT2D eigenvalue weighted by Gasteiger charge is 2.20. The molecule has 266 valence electrons. The van der Waals surface area contributed by atoms with Crippen LogP contribution in [0.2, 0.25) is 0 Å². The first-order valence-corrected chi connectivity index (χ1v) is 20.7. The van der Waals surface area contributed by atoms with E-state index in [0.717, 1.165) is 27.9 Å². The van der Waals surface area contributed by atoms with Crippen molar-refractivity contribution in [3.8, 4) is 51.0 Å². The third-order valence-electron chi connectivity index (χ3n) is 11.1. The zero-order chi connectivity index (χ0) is 37.5. The van der Waals surface area contributed by atoms with Crippen LogP contribution in [0.3, 0.4) is 0 Å². The zero-order valence-electron chi connectivity index (χ0n) is 30.4. The number of nitrogens with zero attached hydrogens (tertiary/aromatic N) is 4. The number of hydrogen-bond acceptors (Lipinski definition) is 5. The highest BCUT2D eigenvalue weighted by molar-refractivity contribution is 7.27. The van der Waals surface area contributed by atoms with Gasteiger partial charge in [-0.3, -0.25) is 0 Å². The van der Waals surface area contributed by atoms with Crippen molar-refractivity contribution in [3.05, 3.63) is 182 Å². The second-order valence-electron chi connectivity index (χ2n) is 14.4. The molecule has 0 saturated heterocycles. The lowest BCUT2D eigenvalue weighted by molar-refractivity contribution is 1.07. The Kier molecular flexibility index (Phi) is 7.24. The van der Waals surface area contributed by atoms with Crippen LogP contribution in [-0.2, 0) is 0 Å². The van der Waals surface area contributed by atoms with Crippen LogP contribution in [0.25, 0.3) is 113 Å². The summed E-state index contributed by atoms with van der Waals surface area (Å²) in [6, 6.07) is 64.9. The predicted octanol–water partition coefficient (Wildman–Crippen LogP) is 14.4. The Bertz CT molecular complexity index is 3450. The first kappa shape index (κ1) is 32.3. The third-order valence-corrected chi connectivity index (χ3v) is 13.5. The van der Waals surface area contributed by atoms with E-state index in [2.05, 4.69) is 126 Å². The Morgan fingerprint density at radius 3 is 1.51 bits per heavy atom. The fourth-order valence-electron chi connectivity index (χ4n) is 8.40. The number of benzene rings is 8. The van der Waals surface area contributed by atoms with E-state index in [-0.39, 0.29) is 0 Å². The molecule has 4 heterocycles. The molecule has 12 rings (SSSR count). The third kappa shape index (κ3) is 5.15. The van der Waals surface area contributed by atoms with Gasteiger partial charge in [0.05, 0.1) is 11.0 Å². The van der Waals surface area contributed by atoms with Gasteiger partial charge in [-0.15, -0.1) is 22.7 Å². The van der Waals surface area contributed by atoms with Crippen molar-refractivity contribution in [2.75, 3.05) is 0 Å². The Hall–Kier alpha value is -6.99. The quantitative estimate of drug-likeness (QED) is 0.175. The number of thiophene rings is 2. The average Bonchev–Trinajstić information content (AvgIpc) is 3.96. The second kappa shape index (κ2) is 12.8. The van der Waals surface area contributed by atoms with Gasteiger partial charge in [-0.05, 0) is 42.0 Å². The zero-order valence-corrected chi connectivity index (χ0v) is 32.1. The lowest BCUT2D eigenvalue weighted by Gasteiger charge is -2.13. The molecular formula is C51H30N4S2. The summed E-state index contributed by atoms with van der Waals surface area (Å²) in [6.07, 6.45) is 0. The minimum absolute atomic E-state index is 0.646. The van der Waals surface area contributed by atoms with Gasteiger partial charge < -0.3 is 4.57 Å². The van der Waals surface area contributed by atoms with Crippen LogP contribution >= 0.6 is 22.7 Å². The number of fused-ring (bicyclic) bond motifs is 10. The summed E-state index contributed by atoms with van der Waals surface area (Å²) in [5.74, 6) is 1.96. The molecule has 0 radical (unpaired) electrons. The van der Waals surface area contributed by atoms with Crippen molar-refractivity contribution in [2.45, 2.75) is 0 Å². The van der Waals surface area contributed by atoms with Crippen LogP contribution in [-0.4, -0.2) is 19.5 Å². The van der Waals surface area contributed by atoms with Gasteiger partial charge in [-0.1, -0.05) is 146 Å². The topological polar surface area (TPSA) is 43.6 Å². The van der Waals surface area contributed by atoms with Gasteiger partial charge >= 0.3 is 0 Å². The molecule has 0 amide bonds. The van der Waals surface area contributed by atoms with E-state index < -0.39 is 0 Å². The minimum atomic E-state index is 0.646. The average molecular weight is 763 g/mol. The maximum Gasteiger partial charge on any atom is 0.164 e. The van der Waals surface area contributed by atoms with Crippen molar-refractivity contribution >= 4 is 84.8 Å². The van der Waals surface area contributed by atoms with Crippen molar-refractivity contribution in [1.82, 2.24) is 19.5 Å². The molecule has 0 atom stereocenters. The van der Waals surface area contributed by atoms with E-state index in [4.69, 9.17) is 15.0 Å². The molecule has 57 heavy (non-hydrogen) atoms. The van der Waals surface area contributed by atoms with E-state index >= 15 is 0 Å². The lowest BCUT2D eigenvalue weighted by Crippen LogP contribution is -2.00. The van der Waals surface area contributed by atoms with Gasteiger partial charge in [0, 0.05) is 79.1 Å². The second-order valence-corrected chi connectivity index (χ2v) is 16.5. The highest BCUT2D eigenvalue weighted by atomic mass is 32.1. The summed E-state index contributed by atoms with van der Waals surface area (Å²) in [5.41, 5.74) is 8.77. The summed E-state index contributed by atoms with van der Waals surface area (Å²) in [6.45, 7) is 0. The molecule has 0 aliphatic carbocycles. The van der Waals surface area contributed by atoms with Gasteiger partial charge in [0.25, 0.3) is 0 Å². The molecule has 0 bridgehead atoms. The molecule has 12 aromatic rings. The molecule has 0 spiro atoms. The molecule has 0 N–H and O–H groups in total. The fourth-order valence-corrected chi connectivity index (χ4v) is 10.9. The summed E-state index contributed by atoms with van der Waals surface area (Å²) < 4.78 is 7.69. The monoisotopic (exact) mass is 762 g/mol. The fraction of sp³-hybridized carbons (Fsp3) is 0. The standard InChI is InChI=1S/C51H30N4S2/c1-3-13-32(14-4-1)49-52-50(33-15-5-2-6-16-33)54-51(53-49)34-25-23-31(24-26-34)40-29-35(30-41-37-18-9-12-22-45(37)56-47(40)41)55-42-20-10-7-19-39(42)46-43(55)28-27-38-36-17-8-11-21-44(36)57-48(38)46/h1-30H. The summed E-state index contributed by atoms with van der Waals surface area (Å²) in [7, 11) is 0. The summed E-state index contributed by atoms with van der Waals surface area (Å²) in [5, 5.41) is 7.75. The summed E-state index contributed by atoms with van der Waals surface area (Å²) >= 11 is 3.75. The van der Waals surface area contributed by atoms with E-state index in [9.17, 15) is 0 Å². The Morgan fingerprint density at radius 2 is 0.860 bits per heavy atom. The number of para-hydroxylation sites is 1. The van der Waals surface area contributed by atoms with Crippen LogP contribution < -0.4 is 0 Å². The minimum Gasteiger partial charge on any atom is -0.309 e. The van der Waals surface area contributed by atoms with Crippen molar-refractivity contribution in [3.63, 3.8) is 0 Å².